The third-order valence-electron chi connectivity index (χ3n) is 2.68. The van der Waals surface area contributed by atoms with Gasteiger partial charge < -0.3 is 15.4 Å². The number of nitrogens with one attached hydrogen (secondary N) is 2. The first-order valence-corrected chi connectivity index (χ1v) is 8.13. The summed E-state index contributed by atoms with van der Waals surface area (Å²) in [5, 5.41) is 5.01. The number of benzene rings is 1. The maximum atomic E-state index is 11.7. The monoisotopic (exact) mass is 324 g/mol. The number of ether oxygens (including phenoxy) is 1. The lowest BCUT2D eigenvalue weighted by atomic mass is 10.2. The maximum absolute atomic E-state index is 11.7. The van der Waals surface area contributed by atoms with E-state index in [2.05, 4.69) is 10.6 Å². The first-order chi connectivity index (χ1) is 10.6. The van der Waals surface area contributed by atoms with Crippen molar-refractivity contribution in [3.63, 3.8) is 0 Å². The zero-order chi connectivity index (χ0) is 16.4. The van der Waals surface area contributed by atoms with Crippen LogP contribution >= 0.6 is 11.8 Å². The van der Waals surface area contributed by atoms with Gasteiger partial charge >= 0.3 is 5.97 Å². The molecule has 2 N–H and O–H groups in total. The standard InChI is InChI=1S/C15H20N2O4S/c1-3-8-16-13(18)9-17-14(19)10-21-15(20)11-4-6-12(22-2)7-5-11/h4-7H,3,8-10H2,1-2H3,(H,16,18)(H,17,19). The number of amides is 2. The highest BCUT2D eigenvalue weighted by Crippen LogP contribution is 2.15. The molecule has 1 aromatic carbocycles. The van der Waals surface area contributed by atoms with Crippen molar-refractivity contribution >= 4 is 29.5 Å². The summed E-state index contributed by atoms with van der Waals surface area (Å²) in [5.74, 6) is -1.35. The van der Waals surface area contributed by atoms with E-state index in [1.807, 2.05) is 13.2 Å². The molecule has 0 unspecified atom stereocenters. The van der Waals surface area contributed by atoms with Crippen LogP contribution in [0.1, 0.15) is 23.7 Å². The molecule has 0 spiro atoms. The normalized spacial score (nSPS) is 9.91. The lowest BCUT2D eigenvalue weighted by Gasteiger charge is -2.07. The second-order valence-corrected chi connectivity index (χ2v) is 5.31. The molecule has 0 aromatic heterocycles. The van der Waals surface area contributed by atoms with E-state index in [-0.39, 0.29) is 12.5 Å². The summed E-state index contributed by atoms with van der Waals surface area (Å²) >= 11 is 1.57. The van der Waals surface area contributed by atoms with Crippen molar-refractivity contribution in [1.82, 2.24) is 10.6 Å². The summed E-state index contributed by atoms with van der Waals surface area (Å²) in [4.78, 5) is 35.6. The number of esters is 1. The molecule has 7 heteroatoms. The van der Waals surface area contributed by atoms with Crippen molar-refractivity contribution in [3.8, 4) is 0 Å². The third kappa shape index (κ3) is 6.62. The molecule has 0 bridgehead atoms. The zero-order valence-electron chi connectivity index (χ0n) is 12.7. The van der Waals surface area contributed by atoms with Gasteiger partial charge in [0.25, 0.3) is 5.91 Å². The van der Waals surface area contributed by atoms with Crippen molar-refractivity contribution in [1.29, 1.82) is 0 Å². The van der Waals surface area contributed by atoms with E-state index in [0.29, 0.717) is 12.1 Å². The lowest BCUT2D eigenvalue weighted by molar-refractivity contribution is -0.127. The minimum atomic E-state index is -0.571. The van der Waals surface area contributed by atoms with E-state index in [1.54, 1.807) is 36.0 Å². The molecular formula is C15H20N2O4S. The van der Waals surface area contributed by atoms with Gasteiger partial charge in [0, 0.05) is 11.4 Å². The van der Waals surface area contributed by atoms with Gasteiger partial charge in [-0.2, -0.15) is 0 Å². The second kappa shape index (κ2) is 9.83. The van der Waals surface area contributed by atoms with E-state index < -0.39 is 18.5 Å². The molecule has 2 amide bonds. The quantitative estimate of drug-likeness (QED) is 0.554. The predicted molar refractivity (Wildman–Crippen MR) is 84.8 cm³/mol. The Hall–Kier alpha value is -2.02. The van der Waals surface area contributed by atoms with E-state index in [0.717, 1.165) is 11.3 Å². The maximum Gasteiger partial charge on any atom is 0.338 e. The fourth-order valence-electron chi connectivity index (χ4n) is 1.50. The Labute approximate surface area is 134 Å². The SMILES string of the molecule is CCCNC(=O)CNC(=O)COC(=O)c1ccc(SC)cc1. The van der Waals surface area contributed by atoms with Gasteiger partial charge in [0.05, 0.1) is 12.1 Å². The average molecular weight is 324 g/mol. The number of thioether (sulfide) groups is 1. The van der Waals surface area contributed by atoms with Crippen LogP contribution in [0.25, 0.3) is 0 Å². The Morgan fingerprint density at radius 1 is 1.09 bits per heavy atom. The molecule has 0 heterocycles. The highest BCUT2D eigenvalue weighted by molar-refractivity contribution is 7.98. The zero-order valence-corrected chi connectivity index (χ0v) is 13.5. The molecule has 6 nitrogen and oxygen atoms in total. The highest BCUT2D eigenvalue weighted by atomic mass is 32.2. The summed E-state index contributed by atoms with van der Waals surface area (Å²) < 4.78 is 4.89. The van der Waals surface area contributed by atoms with E-state index in [9.17, 15) is 14.4 Å². The average Bonchev–Trinajstić information content (AvgIpc) is 2.55. The predicted octanol–water partition coefficient (Wildman–Crippen LogP) is 1.21. The van der Waals surface area contributed by atoms with Gasteiger partial charge in [-0.1, -0.05) is 6.92 Å². The highest BCUT2D eigenvalue weighted by Gasteiger charge is 2.11. The summed E-state index contributed by atoms with van der Waals surface area (Å²) in [6.45, 7) is 1.96. The molecule has 0 fully saturated rings. The molecule has 0 aliphatic heterocycles. The van der Waals surface area contributed by atoms with Crippen molar-refractivity contribution < 1.29 is 19.1 Å². The van der Waals surface area contributed by atoms with E-state index in [4.69, 9.17) is 4.74 Å². The smallest absolute Gasteiger partial charge is 0.338 e. The molecule has 1 aromatic rings. The number of carbonyl (C=O) groups excluding carboxylic acids is 3. The number of hydrogen-bond donors (Lipinski definition) is 2. The first-order valence-electron chi connectivity index (χ1n) is 6.91. The van der Waals surface area contributed by atoms with Gasteiger partial charge in [-0.15, -0.1) is 11.8 Å². The summed E-state index contributed by atoms with van der Waals surface area (Å²) in [6, 6.07) is 6.90. The lowest BCUT2D eigenvalue weighted by Crippen LogP contribution is -2.38. The van der Waals surface area contributed by atoms with E-state index in [1.165, 1.54) is 0 Å². The fourth-order valence-corrected chi connectivity index (χ4v) is 1.91. The summed E-state index contributed by atoms with van der Waals surface area (Å²) in [6.07, 6.45) is 2.76. The van der Waals surface area contributed by atoms with Gasteiger partial charge in [-0.25, -0.2) is 4.79 Å². The van der Waals surface area contributed by atoms with Gasteiger partial charge in [0.2, 0.25) is 5.91 Å². The fraction of sp³-hybridized carbons (Fsp3) is 0.400. The molecule has 22 heavy (non-hydrogen) atoms. The van der Waals surface area contributed by atoms with Gasteiger partial charge in [0.15, 0.2) is 6.61 Å². The molecule has 0 saturated carbocycles. The van der Waals surface area contributed by atoms with Crippen LogP contribution in [0.4, 0.5) is 0 Å². The van der Waals surface area contributed by atoms with Gasteiger partial charge in [-0.3, -0.25) is 9.59 Å². The van der Waals surface area contributed by atoms with Crippen molar-refractivity contribution in [2.45, 2.75) is 18.2 Å². The van der Waals surface area contributed by atoms with E-state index >= 15 is 0 Å². The van der Waals surface area contributed by atoms with Crippen LogP contribution in [0, 0.1) is 0 Å². The molecule has 0 radical (unpaired) electrons. The Kier molecular flexibility index (Phi) is 8.06. The van der Waals surface area contributed by atoms with Crippen LogP contribution in [0.2, 0.25) is 0 Å². The van der Waals surface area contributed by atoms with Crippen LogP contribution < -0.4 is 10.6 Å². The van der Waals surface area contributed by atoms with Gasteiger partial charge in [0.1, 0.15) is 0 Å². The Bertz CT molecular complexity index is 517. The molecule has 0 saturated heterocycles. The molecule has 120 valence electrons. The third-order valence-corrected chi connectivity index (χ3v) is 3.42. The van der Waals surface area contributed by atoms with Crippen LogP contribution in [0.15, 0.2) is 29.2 Å². The number of hydrogen-bond acceptors (Lipinski definition) is 5. The Morgan fingerprint density at radius 3 is 2.36 bits per heavy atom. The minimum absolute atomic E-state index is 0.126. The molecule has 0 atom stereocenters. The number of carbonyl (C=O) groups is 3. The largest absolute Gasteiger partial charge is 0.452 e. The first kappa shape index (κ1) is 18.0. The van der Waals surface area contributed by atoms with Crippen molar-refractivity contribution in [2.24, 2.45) is 0 Å². The number of rotatable bonds is 8. The second-order valence-electron chi connectivity index (χ2n) is 4.43. The summed E-state index contributed by atoms with van der Waals surface area (Å²) in [7, 11) is 0. The summed E-state index contributed by atoms with van der Waals surface area (Å²) in [5.41, 5.74) is 0.381. The molecule has 0 aliphatic rings. The van der Waals surface area contributed by atoms with Crippen molar-refractivity contribution in [3.05, 3.63) is 29.8 Å². The molecule has 0 aliphatic carbocycles. The van der Waals surface area contributed by atoms with Crippen molar-refractivity contribution in [2.75, 3.05) is 26.0 Å². The molecular weight excluding hydrogens is 304 g/mol. The van der Waals surface area contributed by atoms with Crippen LogP contribution in [-0.2, 0) is 14.3 Å². The van der Waals surface area contributed by atoms with Crippen LogP contribution in [0.3, 0.4) is 0 Å². The van der Waals surface area contributed by atoms with Crippen LogP contribution in [0.5, 0.6) is 0 Å². The topological polar surface area (TPSA) is 84.5 Å². The Balaban J connectivity index is 2.30. The van der Waals surface area contributed by atoms with Crippen LogP contribution in [-0.4, -0.2) is 43.7 Å². The minimum Gasteiger partial charge on any atom is -0.452 e. The van der Waals surface area contributed by atoms with Gasteiger partial charge in [-0.05, 0) is 36.9 Å². The Morgan fingerprint density at radius 2 is 1.77 bits per heavy atom. The molecule has 1 rings (SSSR count).